The van der Waals surface area contributed by atoms with Crippen molar-refractivity contribution in [2.75, 3.05) is 24.5 Å². The monoisotopic (exact) mass is 304 g/mol. The van der Waals surface area contributed by atoms with Crippen molar-refractivity contribution in [3.63, 3.8) is 0 Å². The molecule has 1 aliphatic carbocycles. The van der Waals surface area contributed by atoms with Gasteiger partial charge in [-0.05, 0) is 43.4 Å². The lowest BCUT2D eigenvalue weighted by atomic mass is 10.1. The van der Waals surface area contributed by atoms with Gasteiger partial charge in [0.2, 0.25) is 5.91 Å². The van der Waals surface area contributed by atoms with Crippen molar-refractivity contribution < 1.29 is 4.79 Å². The molecule has 0 bridgehead atoms. The third-order valence-electron chi connectivity index (χ3n) is 4.40. The van der Waals surface area contributed by atoms with E-state index in [1.807, 2.05) is 18.2 Å². The van der Waals surface area contributed by atoms with Gasteiger partial charge in [0.05, 0.1) is 0 Å². The number of amides is 1. The number of rotatable bonds is 4. The number of nitrogens with zero attached hydrogens (tertiary/aromatic N) is 1. The normalized spacial score (nSPS) is 22.0. The Hall–Kier alpha value is -1.48. The van der Waals surface area contributed by atoms with Gasteiger partial charge in [-0.3, -0.25) is 4.79 Å². The molecule has 1 aliphatic heterocycles. The summed E-state index contributed by atoms with van der Waals surface area (Å²) in [6.45, 7) is 2.81. The SMILES string of the molecule is O=C(NC[C@H]1CCN(c2cccc(Cl)c2)C1)C1CC=CC1. The first-order chi connectivity index (χ1) is 10.2. The topological polar surface area (TPSA) is 32.3 Å². The molecular formula is C17H21ClN2O. The van der Waals surface area contributed by atoms with Gasteiger partial charge in [0.1, 0.15) is 0 Å². The van der Waals surface area contributed by atoms with Crippen molar-refractivity contribution in [3.05, 3.63) is 41.4 Å². The zero-order valence-corrected chi connectivity index (χ0v) is 12.9. The van der Waals surface area contributed by atoms with Crippen molar-refractivity contribution in [1.82, 2.24) is 5.32 Å². The molecular weight excluding hydrogens is 284 g/mol. The lowest BCUT2D eigenvalue weighted by Crippen LogP contribution is -2.34. The summed E-state index contributed by atoms with van der Waals surface area (Å²) in [6.07, 6.45) is 7.10. The molecule has 1 heterocycles. The van der Waals surface area contributed by atoms with Gasteiger partial charge in [0.25, 0.3) is 0 Å². The summed E-state index contributed by atoms with van der Waals surface area (Å²) in [5, 5.41) is 3.89. The highest BCUT2D eigenvalue weighted by atomic mass is 35.5. The molecule has 0 saturated carbocycles. The number of carbonyl (C=O) groups excluding carboxylic acids is 1. The standard InChI is InChI=1S/C17H21ClN2O/c18-15-6-3-7-16(10-15)20-9-8-13(12-20)11-19-17(21)14-4-1-2-5-14/h1-3,6-7,10,13-14H,4-5,8-9,11-12H2,(H,19,21)/t13-/m1/s1. The molecule has 0 spiro atoms. The molecule has 1 atom stereocenters. The Bertz CT molecular complexity index is 535. The van der Waals surface area contributed by atoms with Gasteiger partial charge in [0.15, 0.2) is 0 Å². The number of hydrogen-bond acceptors (Lipinski definition) is 2. The van der Waals surface area contributed by atoms with E-state index in [0.29, 0.717) is 5.92 Å². The maximum absolute atomic E-state index is 12.0. The third kappa shape index (κ3) is 3.59. The van der Waals surface area contributed by atoms with Crippen LogP contribution in [0, 0.1) is 11.8 Å². The Morgan fingerprint density at radius 3 is 2.90 bits per heavy atom. The van der Waals surface area contributed by atoms with Crippen LogP contribution in [0.4, 0.5) is 5.69 Å². The summed E-state index contributed by atoms with van der Waals surface area (Å²) in [4.78, 5) is 14.4. The molecule has 1 aromatic carbocycles. The van der Waals surface area contributed by atoms with Gasteiger partial charge in [-0.1, -0.05) is 29.8 Å². The van der Waals surface area contributed by atoms with Crippen LogP contribution in [-0.2, 0) is 4.79 Å². The Morgan fingerprint density at radius 2 is 2.14 bits per heavy atom. The van der Waals surface area contributed by atoms with Crippen molar-refractivity contribution in [1.29, 1.82) is 0 Å². The van der Waals surface area contributed by atoms with E-state index in [-0.39, 0.29) is 11.8 Å². The zero-order valence-electron chi connectivity index (χ0n) is 12.1. The fourth-order valence-corrected chi connectivity index (χ4v) is 3.31. The van der Waals surface area contributed by atoms with Crippen LogP contribution in [0.5, 0.6) is 0 Å². The first-order valence-electron chi connectivity index (χ1n) is 7.65. The van der Waals surface area contributed by atoms with Crippen molar-refractivity contribution in [3.8, 4) is 0 Å². The lowest BCUT2D eigenvalue weighted by molar-refractivity contribution is -0.124. The van der Waals surface area contributed by atoms with Crippen LogP contribution in [0.25, 0.3) is 0 Å². The summed E-state index contributed by atoms with van der Waals surface area (Å²) in [6, 6.07) is 7.98. The van der Waals surface area contributed by atoms with E-state index >= 15 is 0 Å². The molecule has 3 nitrogen and oxygen atoms in total. The van der Waals surface area contributed by atoms with Crippen molar-refractivity contribution in [2.24, 2.45) is 11.8 Å². The molecule has 1 aromatic rings. The van der Waals surface area contributed by atoms with Crippen LogP contribution in [0.3, 0.4) is 0 Å². The zero-order chi connectivity index (χ0) is 14.7. The third-order valence-corrected chi connectivity index (χ3v) is 4.64. The fraction of sp³-hybridized carbons (Fsp3) is 0.471. The molecule has 112 valence electrons. The van der Waals surface area contributed by atoms with E-state index in [0.717, 1.165) is 43.9 Å². The minimum atomic E-state index is 0.162. The van der Waals surface area contributed by atoms with Crippen LogP contribution in [0.2, 0.25) is 5.02 Å². The minimum absolute atomic E-state index is 0.162. The highest BCUT2D eigenvalue weighted by molar-refractivity contribution is 6.30. The largest absolute Gasteiger partial charge is 0.371 e. The second-order valence-electron chi connectivity index (χ2n) is 5.97. The Kier molecular flexibility index (Phi) is 4.49. The average Bonchev–Trinajstić information content (AvgIpc) is 3.16. The van der Waals surface area contributed by atoms with Gasteiger partial charge < -0.3 is 10.2 Å². The van der Waals surface area contributed by atoms with Crippen molar-refractivity contribution in [2.45, 2.75) is 19.3 Å². The molecule has 0 unspecified atom stereocenters. The molecule has 2 aliphatic rings. The molecule has 0 aromatic heterocycles. The van der Waals surface area contributed by atoms with Crippen LogP contribution in [-0.4, -0.2) is 25.5 Å². The first kappa shape index (κ1) is 14.5. The van der Waals surface area contributed by atoms with Gasteiger partial charge in [-0.2, -0.15) is 0 Å². The van der Waals surface area contributed by atoms with Gasteiger partial charge >= 0.3 is 0 Å². The van der Waals surface area contributed by atoms with E-state index in [2.05, 4.69) is 28.4 Å². The second-order valence-corrected chi connectivity index (χ2v) is 6.40. The first-order valence-corrected chi connectivity index (χ1v) is 8.03. The van der Waals surface area contributed by atoms with Crippen LogP contribution in [0.1, 0.15) is 19.3 Å². The second kappa shape index (κ2) is 6.52. The highest BCUT2D eigenvalue weighted by Crippen LogP contribution is 2.26. The summed E-state index contributed by atoms with van der Waals surface area (Å²) in [7, 11) is 0. The van der Waals surface area contributed by atoms with Gasteiger partial charge in [-0.25, -0.2) is 0 Å². The molecule has 1 N–H and O–H groups in total. The van der Waals surface area contributed by atoms with Gasteiger partial charge in [-0.15, -0.1) is 0 Å². The quantitative estimate of drug-likeness (QED) is 0.866. The fourth-order valence-electron chi connectivity index (χ4n) is 3.13. The molecule has 0 radical (unpaired) electrons. The maximum Gasteiger partial charge on any atom is 0.223 e. The van der Waals surface area contributed by atoms with E-state index in [9.17, 15) is 4.79 Å². The smallest absolute Gasteiger partial charge is 0.223 e. The number of benzene rings is 1. The predicted octanol–water partition coefficient (Wildman–Crippen LogP) is 3.25. The maximum atomic E-state index is 12.0. The van der Waals surface area contributed by atoms with E-state index in [1.54, 1.807) is 0 Å². The van der Waals surface area contributed by atoms with Crippen molar-refractivity contribution >= 4 is 23.2 Å². The summed E-state index contributed by atoms with van der Waals surface area (Å²) in [5.41, 5.74) is 1.18. The van der Waals surface area contributed by atoms with Crippen LogP contribution >= 0.6 is 11.6 Å². The predicted molar refractivity (Wildman–Crippen MR) is 86.6 cm³/mol. The number of nitrogens with one attached hydrogen (secondary N) is 1. The van der Waals surface area contributed by atoms with E-state index < -0.39 is 0 Å². The van der Waals surface area contributed by atoms with Crippen LogP contribution in [0.15, 0.2) is 36.4 Å². The van der Waals surface area contributed by atoms with Gasteiger partial charge in [0, 0.05) is 36.3 Å². The highest BCUT2D eigenvalue weighted by Gasteiger charge is 2.25. The Labute approximate surface area is 131 Å². The summed E-state index contributed by atoms with van der Waals surface area (Å²) >= 11 is 6.05. The number of halogens is 1. The minimum Gasteiger partial charge on any atom is -0.371 e. The molecule has 1 fully saturated rings. The Morgan fingerprint density at radius 1 is 1.33 bits per heavy atom. The number of carbonyl (C=O) groups is 1. The lowest BCUT2D eigenvalue weighted by Gasteiger charge is -2.19. The molecule has 1 saturated heterocycles. The molecule has 4 heteroatoms. The number of hydrogen-bond donors (Lipinski definition) is 1. The average molecular weight is 305 g/mol. The molecule has 21 heavy (non-hydrogen) atoms. The van der Waals surface area contributed by atoms with Crippen LogP contribution < -0.4 is 10.2 Å². The van der Waals surface area contributed by atoms with E-state index in [4.69, 9.17) is 11.6 Å². The number of allylic oxidation sites excluding steroid dienone is 2. The summed E-state index contributed by atoms with van der Waals surface area (Å²) < 4.78 is 0. The Balaban J connectivity index is 1.47. The summed E-state index contributed by atoms with van der Waals surface area (Å²) in [5.74, 6) is 0.902. The van der Waals surface area contributed by atoms with E-state index in [1.165, 1.54) is 5.69 Å². The molecule has 1 amide bonds. The molecule has 3 rings (SSSR count). The number of anilines is 1.